The third-order valence-corrected chi connectivity index (χ3v) is 5.73. The number of hydrogen-bond acceptors (Lipinski definition) is 4. The van der Waals surface area contributed by atoms with Crippen molar-refractivity contribution in [1.82, 2.24) is 5.32 Å². The molecule has 0 saturated heterocycles. The minimum Gasteiger partial charge on any atom is -0.496 e. The molecule has 2 rings (SSSR count). The Morgan fingerprint density at radius 1 is 0.886 bits per heavy atom. The van der Waals surface area contributed by atoms with E-state index in [2.05, 4.69) is 69.4 Å². The smallest absolute Gasteiger partial charge is 0.305 e. The molecule has 4 nitrogen and oxygen atoms in total. The van der Waals surface area contributed by atoms with E-state index in [4.69, 9.17) is 9.47 Å². The Morgan fingerprint density at radius 2 is 1.46 bits per heavy atom. The zero-order valence-corrected chi connectivity index (χ0v) is 23.7. The third-order valence-electron chi connectivity index (χ3n) is 5.73. The van der Waals surface area contributed by atoms with E-state index in [9.17, 15) is 4.79 Å². The number of hydrogen-bond donors (Lipinski definition) is 1. The molecule has 4 heteroatoms. The van der Waals surface area contributed by atoms with E-state index in [0.29, 0.717) is 13.0 Å². The van der Waals surface area contributed by atoms with Gasteiger partial charge in [-0.1, -0.05) is 96.3 Å². The third kappa shape index (κ3) is 14.0. The van der Waals surface area contributed by atoms with E-state index in [1.54, 1.807) is 7.11 Å². The first-order chi connectivity index (χ1) is 16.9. The van der Waals surface area contributed by atoms with Crippen LogP contribution in [0.5, 0.6) is 5.75 Å². The molecule has 2 aromatic carbocycles. The molecule has 0 aliphatic carbocycles. The molecule has 35 heavy (non-hydrogen) atoms. The van der Waals surface area contributed by atoms with Crippen LogP contribution in [-0.4, -0.2) is 26.2 Å². The van der Waals surface area contributed by atoms with Crippen LogP contribution in [0.1, 0.15) is 103 Å². The number of aryl methyl sites for hydroxylation is 1. The molecule has 2 aromatic rings. The summed E-state index contributed by atoms with van der Waals surface area (Å²) in [5.74, 6) is 1.70. The quantitative estimate of drug-likeness (QED) is 0.229. The van der Waals surface area contributed by atoms with E-state index < -0.39 is 0 Å². The average molecular weight is 486 g/mol. The minimum atomic E-state index is -0.0867. The molecule has 198 valence electrons. The second kappa shape index (κ2) is 21.0. The van der Waals surface area contributed by atoms with Crippen molar-refractivity contribution < 1.29 is 14.3 Å². The molecule has 0 amide bonds. The van der Waals surface area contributed by atoms with E-state index >= 15 is 0 Å². The molecular weight excluding hydrogens is 434 g/mol. The monoisotopic (exact) mass is 485 g/mol. The molecule has 0 radical (unpaired) electrons. The number of ether oxygens (including phenoxy) is 2. The number of methoxy groups -OCH3 is 1. The first-order valence-corrected chi connectivity index (χ1v) is 13.5. The summed E-state index contributed by atoms with van der Waals surface area (Å²) in [6.07, 6.45) is 5.93. The lowest BCUT2D eigenvalue weighted by Gasteiger charge is -2.23. The number of carbonyl (C=O) groups is 1. The summed E-state index contributed by atoms with van der Waals surface area (Å²) in [5.41, 5.74) is 3.69. The lowest BCUT2D eigenvalue weighted by molar-refractivity contribution is -0.143. The lowest BCUT2D eigenvalue weighted by Crippen LogP contribution is -2.24. The van der Waals surface area contributed by atoms with Gasteiger partial charge in [0.05, 0.1) is 19.8 Å². The molecular formula is C31H51NO3. The number of para-hydroxylation sites is 1. The molecule has 0 saturated carbocycles. The Labute approximate surface area is 215 Å². The first-order valence-electron chi connectivity index (χ1n) is 13.5. The van der Waals surface area contributed by atoms with Gasteiger partial charge in [-0.25, -0.2) is 0 Å². The van der Waals surface area contributed by atoms with Gasteiger partial charge in [0, 0.05) is 12.0 Å². The maximum absolute atomic E-state index is 11.4. The summed E-state index contributed by atoms with van der Waals surface area (Å²) < 4.78 is 10.6. The minimum absolute atomic E-state index is 0.0867. The van der Waals surface area contributed by atoms with Gasteiger partial charge < -0.3 is 14.8 Å². The van der Waals surface area contributed by atoms with Crippen molar-refractivity contribution in [1.29, 1.82) is 0 Å². The summed E-state index contributed by atoms with van der Waals surface area (Å²) in [6.45, 7) is 16.0. The van der Waals surface area contributed by atoms with Crippen LogP contribution >= 0.6 is 0 Å². The summed E-state index contributed by atoms with van der Waals surface area (Å²) in [6, 6.07) is 16.8. The van der Waals surface area contributed by atoms with Gasteiger partial charge in [0.15, 0.2) is 0 Å². The number of carbonyl (C=O) groups excluding carboxylic acids is 1. The van der Waals surface area contributed by atoms with E-state index in [1.807, 2.05) is 32.9 Å². The fraction of sp³-hybridized carbons (Fsp3) is 0.581. The van der Waals surface area contributed by atoms with Gasteiger partial charge in [0.2, 0.25) is 0 Å². The van der Waals surface area contributed by atoms with Crippen molar-refractivity contribution in [3.05, 3.63) is 65.2 Å². The zero-order valence-electron chi connectivity index (χ0n) is 23.7. The topological polar surface area (TPSA) is 47.6 Å². The van der Waals surface area contributed by atoms with Crippen molar-refractivity contribution in [3.63, 3.8) is 0 Å². The largest absolute Gasteiger partial charge is 0.496 e. The van der Waals surface area contributed by atoms with Crippen LogP contribution in [0.3, 0.4) is 0 Å². The number of benzene rings is 2. The highest BCUT2D eigenvalue weighted by atomic mass is 16.5. The predicted octanol–water partition coefficient (Wildman–Crippen LogP) is 8.27. The Bertz CT molecular complexity index is 788. The predicted molar refractivity (Wildman–Crippen MR) is 150 cm³/mol. The fourth-order valence-corrected chi connectivity index (χ4v) is 3.43. The molecule has 1 atom stereocenters. The summed E-state index contributed by atoms with van der Waals surface area (Å²) >= 11 is 0. The highest BCUT2D eigenvalue weighted by Gasteiger charge is 2.18. The van der Waals surface area contributed by atoms with Crippen LogP contribution in [0.25, 0.3) is 0 Å². The van der Waals surface area contributed by atoms with Crippen molar-refractivity contribution in [2.75, 3.05) is 20.3 Å². The Kier molecular flexibility index (Phi) is 19.6. The maximum Gasteiger partial charge on any atom is 0.305 e. The van der Waals surface area contributed by atoms with Gasteiger partial charge in [-0.05, 0) is 56.3 Å². The van der Waals surface area contributed by atoms with Gasteiger partial charge >= 0.3 is 5.97 Å². The van der Waals surface area contributed by atoms with Crippen molar-refractivity contribution >= 4 is 5.97 Å². The zero-order chi connectivity index (χ0) is 26.5. The van der Waals surface area contributed by atoms with Crippen LogP contribution in [0.4, 0.5) is 0 Å². The highest BCUT2D eigenvalue weighted by molar-refractivity contribution is 5.69. The molecule has 0 bridgehead atoms. The molecule has 0 aliphatic heterocycles. The summed E-state index contributed by atoms with van der Waals surface area (Å²) in [5, 5.41) is 3.72. The normalized spacial score (nSPS) is 11.0. The maximum atomic E-state index is 11.4. The van der Waals surface area contributed by atoms with Crippen molar-refractivity contribution in [3.8, 4) is 5.75 Å². The number of esters is 1. The first kappa shape index (κ1) is 32.7. The lowest BCUT2D eigenvalue weighted by atomic mass is 9.94. The van der Waals surface area contributed by atoms with Gasteiger partial charge in [0.25, 0.3) is 0 Å². The van der Waals surface area contributed by atoms with E-state index in [1.165, 1.54) is 17.5 Å². The standard InChI is InChI=1S/C24H33NO3.C5H12.C2H6/c1-4-28-23(26)17-7-5-6-12-18-25-24(20-14-9-8-13-19(20)2)21-15-10-11-16-22(21)27-3;1-4-5(2)3;1-2/h8-11,13-16,24-25H,4-7,12,17-18H2,1-3H3;5H,4H2,1-3H3;1-2H3. The van der Waals surface area contributed by atoms with Gasteiger partial charge in [-0.2, -0.15) is 0 Å². The van der Waals surface area contributed by atoms with Crippen LogP contribution in [-0.2, 0) is 9.53 Å². The Balaban J connectivity index is 0.00000146. The number of rotatable bonds is 13. The van der Waals surface area contributed by atoms with Crippen LogP contribution in [0.2, 0.25) is 0 Å². The molecule has 0 aliphatic rings. The number of unbranched alkanes of at least 4 members (excludes halogenated alkanes) is 3. The van der Waals surface area contributed by atoms with E-state index in [0.717, 1.165) is 49.5 Å². The number of nitrogens with one attached hydrogen (secondary N) is 1. The van der Waals surface area contributed by atoms with Crippen molar-refractivity contribution in [2.45, 2.75) is 93.0 Å². The molecule has 1 unspecified atom stereocenters. The molecule has 0 aromatic heterocycles. The van der Waals surface area contributed by atoms with Crippen molar-refractivity contribution in [2.24, 2.45) is 5.92 Å². The molecule has 0 heterocycles. The van der Waals surface area contributed by atoms with Crippen LogP contribution < -0.4 is 10.1 Å². The molecule has 0 spiro atoms. The van der Waals surface area contributed by atoms with E-state index in [-0.39, 0.29) is 12.0 Å². The van der Waals surface area contributed by atoms with Gasteiger partial charge in [-0.3, -0.25) is 4.79 Å². The SMILES string of the molecule is CC.CCC(C)C.CCOC(=O)CCCCCCNC(c1ccccc1C)c1ccccc1OC. The summed E-state index contributed by atoms with van der Waals surface area (Å²) in [4.78, 5) is 11.4. The highest BCUT2D eigenvalue weighted by Crippen LogP contribution is 2.31. The summed E-state index contributed by atoms with van der Waals surface area (Å²) in [7, 11) is 1.72. The van der Waals surface area contributed by atoms with Crippen LogP contribution in [0, 0.1) is 12.8 Å². The van der Waals surface area contributed by atoms with Crippen LogP contribution in [0.15, 0.2) is 48.5 Å². The fourth-order valence-electron chi connectivity index (χ4n) is 3.43. The van der Waals surface area contributed by atoms with Gasteiger partial charge in [0.1, 0.15) is 5.75 Å². The van der Waals surface area contributed by atoms with Gasteiger partial charge in [-0.15, -0.1) is 0 Å². The Morgan fingerprint density at radius 3 is 2.03 bits per heavy atom. The molecule has 1 N–H and O–H groups in total. The molecule has 0 fully saturated rings. The second-order valence-corrected chi connectivity index (χ2v) is 8.76. The average Bonchev–Trinajstić information content (AvgIpc) is 2.88. The Hall–Kier alpha value is -2.33. The second-order valence-electron chi connectivity index (χ2n) is 8.76.